The highest BCUT2D eigenvalue weighted by Gasteiger charge is 2.04. The normalized spacial score (nSPS) is 9.94. The van der Waals surface area contributed by atoms with Gasteiger partial charge < -0.3 is 15.2 Å². The van der Waals surface area contributed by atoms with Crippen molar-refractivity contribution in [2.75, 3.05) is 13.7 Å². The number of ether oxygens (including phenoxy) is 2. The van der Waals surface area contributed by atoms with Gasteiger partial charge in [0, 0.05) is 18.2 Å². The first-order valence-corrected chi connectivity index (χ1v) is 5.37. The van der Waals surface area contributed by atoms with E-state index in [0.29, 0.717) is 13.2 Å². The number of hydrogen-bond acceptors (Lipinski definition) is 3. The van der Waals surface area contributed by atoms with Crippen molar-refractivity contribution in [1.82, 2.24) is 0 Å². The number of nitrogens with two attached hydrogens (primary N) is 1. The molecular weight excluding hydrogens is 202 g/mol. The van der Waals surface area contributed by atoms with E-state index < -0.39 is 0 Å². The number of rotatable bonds is 6. The molecule has 16 heavy (non-hydrogen) atoms. The molecule has 0 fully saturated rings. The first kappa shape index (κ1) is 12.6. The lowest BCUT2D eigenvalue weighted by Crippen LogP contribution is -2.05. The van der Waals surface area contributed by atoms with Crippen LogP contribution in [-0.4, -0.2) is 13.7 Å². The number of benzene rings is 1. The van der Waals surface area contributed by atoms with Crippen molar-refractivity contribution in [2.24, 2.45) is 5.73 Å². The van der Waals surface area contributed by atoms with E-state index in [9.17, 15) is 0 Å². The molecule has 0 unspecified atom stereocenters. The highest BCUT2D eigenvalue weighted by Crippen LogP contribution is 2.24. The van der Waals surface area contributed by atoms with E-state index in [1.807, 2.05) is 18.2 Å². The molecular formula is C13H19NO2. The van der Waals surface area contributed by atoms with Crippen molar-refractivity contribution >= 4 is 0 Å². The Balaban J connectivity index is 2.78. The first-order valence-electron chi connectivity index (χ1n) is 5.37. The lowest BCUT2D eigenvalue weighted by atomic mass is 10.2. The molecule has 0 bridgehead atoms. The molecule has 0 aromatic heterocycles. The van der Waals surface area contributed by atoms with Gasteiger partial charge in [0.1, 0.15) is 18.1 Å². The van der Waals surface area contributed by atoms with E-state index >= 15 is 0 Å². The summed E-state index contributed by atoms with van der Waals surface area (Å²) >= 11 is 0. The molecule has 1 aromatic rings. The van der Waals surface area contributed by atoms with Crippen molar-refractivity contribution < 1.29 is 9.47 Å². The zero-order valence-electron chi connectivity index (χ0n) is 9.95. The fraction of sp³-hybridized carbons (Fsp3) is 0.385. The Labute approximate surface area is 96.9 Å². The molecule has 0 aliphatic carbocycles. The average molecular weight is 221 g/mol. The standard InChI is InChI=1S/C13H19NO2/c1-4-10(2)9-16-13-7-12(15-3)6-5-11(13)8-14/h5-7H,2,4,8-9,14H2,1,3H3. The highest BCUT2D eigenvalue weighted by atomic mass is 16.5. The zero-order chi connectivity index (χ0) is 12.0. The van der Waals surface area contributed by atoms with Crippen LogP contribution < -0.4 is 15.2 Å². The summed E-state index contributed by atoms with van der Waals surface area (Å²) in [5.41, 5.74) is 7.68. The Morgan fingerprint density at radius 2 is 2.19 bits per heavy atom. The first-order chi connectivity index (χ1) is 7.71. The Morgan fingerprint density at radius 3 is 2.75 bits per heavy atom. The monoisotopic (exact) mass is 221 g/mol. The second-order valence-corrected chi connectivity index (χ2v) is 3.57. The second-order valence-electron chi connectivity index (χ2n) is 3.57. The fourth-order valence-electron chi connectivity index (χ4n) is 1.25. The fourth-order valence-corrected chi connectivity index (χ4v) is 1.25. The topological polar surface area (TPSA) is 44.5 Å². The zero-order valence-corrected chi connectivity index (χ0v) is 9.95. The van der Waals surface area contributed by atoms with E-state index in [4.69, 9.17) is 15.2 Å². The van der Waals surface area contributed by atoms with Crippen LogP contribution in [-0.2, 0) is 6.54 Å². The average Bonchev–Trinajstić information content (AvgIpc) is 2.35. The van der Waals surface area contributed by atoms with Crippen molar-refractivity contribution in [2.45, 2.75) is 19.9 Å². The van der Waals surface area contributed by atoms with Crippen LogP contribution in [0.25, 0.3) is 0 Å². The molecule has 0 amide bonds. The second kappa shape index (κ2) is 6.18. The molecule has 88 valence electrons. The third-order valence-electron chi connectivity index (χ3n) is 2.43. The van der Waals surface area contributed by atoms with E-state index in [2.05, 4.69) is 13.5 Å². The highest BCUT2D eigenvalue weighted by molar-refractivity contribution is 5.40. The maximum absolute atomic E-state index is 5.66. The Kier molecular flexibility index (Phi) is 4.86. The molecule has 0 radical (unpaired) electrons. The van der Waals surface area contributed by atoms with Gasteiger partial charge in [0.05, 0.1) is 7.11 Å². The van der Waals surface area contributed by atoms with Crippen LogP contribution in [0, 0.1) is 0 Å². The summed E-state index contributed by atoms with van der Waals surface area (Å²) in [4.78, 5) is 0. The maximum atomic E-state index is 5.66. The summed E-state index contributed by atoms with van der Waals surface area (Å²) in [6.45, 7) is 6.94. The summed E-state index contributed by atoms with van der Waals surface area (Å²) in [5, 5.41) is 0. The Morgan fingerprint density at radius 1 is 1.44 bits per heavy atom. The van der Waals surface area contributed by atoms with Crippen molar-refractivity contribution in [3.63, 3.8) is 0 Å². The van der Waals surface area contributed by atoms with Gasteiger partial charge in [-0.1, -0.05) is 19.6 Å². The van der Waals surface area contributed by atoms with Crippen LogP contribution in [0.2, 0.25) is 0 Å². The SMILES string of the molecule is C=C(CC)COc1cc(OC)ccc1CN. The molecule has 0 atom stereocenters. The quantitative estimate of drug-likeness (QED) is 0.751. The van der Waals surface area contributed by atoms with Crippen molar-refractivity contribution in [3.05, 3.63) is 35.9 Å². The molecule has 2 N–H and O–H groups in total. The van der Waals surface area contributed by atoms with Gasteiger partial charge in [-0.25, -0.2) is 0 Å². The van der Waals surface area contributed by atoms with Gasteiger partial charge in [0.15, 0.2) is 0 Å². The smallest absolute Gasteiger partial charge is 0.127 e. The van der Waals surface area contributed by atoms with Gasteiger partial charge in [0.25, 0.3) is 0 Å². The van der Waals surface area contributed by atoms with E-state index in [-0.39, 0.29) is 0 Å². The molecule has 1 aromatic carbocycles. The minimum Gasteiger partial charge on any atom is -0.497 e. The van der Waals surface area contributed by atoms with Gasteiger partial charge in [-0.15, -0.1) is 0 Å². The summed E-state index contributed by atoms with van der Waals surface area (Å²) in [6.07, 6.45) is 0.919. The molecule has 0 saturated carbocycles. The van der Waals surface area contributed by atoms with Crippen molar-refractivity contribution in [1.29, 1.82) is 0 Å². The molecule has 0 aliphatic heterocycles. The van der Waals surface area contributed by atoms with E-state index in [1.54, 1.807) is 7.11 Å². The van der Waals surface area contributed by atoms with Crippen molar-refractivity contribution in [3.8, 4) is 11.5 Å². The van der Waals surface area contributed by atoms with E-state index in [1.165, 1.54) is 0 Å². The minimum atomic E-state index is 0.456. The number of methoxy groups -OCH3 is 1. The van der Waals surface area contributed by atoms with Crippen LogP contribution in [0.1, 0.15) is 18.9 Å². The third-order valence-corrected chi connectivity index (χ3v) is 2.43. The summed E-state index contributed by atoms with van der Waals surface area (Å²) in [6, 6.07) is 5.65. The van der Waals surface area contributed by atoms with Gasteiger partial charge in [-0.3, -0.25) is 0 Å². The lowest BCUT2D eigenvalue weighted by Gasteiger charge is -2.12. The van der Waals surface area contributed by atoms with Gasteiger partial charge in [-0.2, -0.15) is 0 Å². The maximum Gasteiger partial charge on any atom is 0.127 e. The van der Waals surface area contributed by atoms with E-state index in [0.717, 1.165) is 29.1 Å². The van der Waals surface area contributed by atoms with Crippen LogP contribution in [0.5, 0.6) is 11.5 Å². The van der Waals surface area contributed by atoms with Gasteiger partial charge >= 0.3 is 0 Å². The van der Waals surface area contributed by atoms with Crippen LogP contribution in [0.4, 0.5) is 0 Å². The van der Waals surface area contributed by atoms with Crippen LogP contribution in [0.3, 0.4) is 0 Å². The molecule has 0 heterocycles. The lowest BCUT2D eigenvalue weighted by molar-refractivity contribution is 0.341. The molecule has 1 rings (SSSR count). The van der Waals surface area contributed by atoms with Gasteiger partial charge in [0.2, 0.25) is 0 Å². The van der Waals surface area contributed by atoms with Gasteiger partial charge in [-0.05, 0) is 18.1 Å². The molecule has 0 spiro atoms. The summed E-state index contributed by atoms with van der Waals surface area (Å²) in [5.74, 6) is 1.55. The Hall–Kier alpha value is -1.48. The predicted octanol–water partition coefficient (Wildman–Crippen LogP) is 2.50. The predicted molar refractivity (Wildman–Crippen MR) is 65.8 cm³/mol. The minimum absolute atomic E-state index is 0.456. The van der Waals surface area contributed by atoms with Crippen LogP contribution in [0.15, 0.2) is 30.4 Å². The molecule has 3 heteroatoms. The third kappa shape index (κ3) is 3.28. The van der Waals surface area contributed by atoms with Crippen LogP contribution >= 0.6 is 0 Å². The largest absolute Gasteiger partial charge is 0.497 e. The molecule has 3 nitrogen and oxygen atoms in total. The number of hydrogen-bond donors (Lipinski definition) is 1. The summed E-state index contributed by atoms with van der Waals surface area (Å²) in [7, 11) is 1.63. The molecule has 0 aliphatic rings. The molecule has 0 saturated heterocycles. The Bertz CT molecular complexity index is 361. The summed E-state index contributed by atoms with van der Waals surface area (Å²) < 4.78 is 10.8.